The molecule has 0 spiro atoms. The van der Waals surface area contributed by atoms with Crippen molar-refractivity contribution >= 4 is 39.6 Å². The number of fused-ring (bicyclic) bond motifs is 3. The molecular formula is C26H23BrN2O6. The fourth-order valence-electron chi connectivity index (χ4n) is 4.05. The molecule has 35 heavy (non-hydrogen) atoms. The van der Waals surface area contributed by atoms with E-state index < -0.39 is 24.1 Å². The summed E-state index contributed by atoms with van der Waals surface area (Å²) in [7, 11) is 0. The van der Waals surface area contributed by atoms with Gasteiger partial charge in [-0.3, -0.25) is 10.1 Å². The average molecular weight is 539 g/mol. The fraction of sp³-hybridized carbons (Fsp3) is 0.192. The van der Waals surface area contributed by atoms with Crippen LogP contribution in [0.15, 0.2) is 71.2 Å². The molecule has 3 aromatic rings. The third kappa shape index (κ3) is 5.52. The van der Waals surface area contributed by atoms with Gasteiger partial charge in [0.15, 0.2) is 6.10 Å². The number of nitrogens with one attached hydrogen (secondary N) is 2. The molecule has 9 heteroatoms. The van der Waals surface area contributed by atoms with Gasteiger partial charge in [-0.15, -0.1) is 0 Å². The van der Waals surface area contributed by atoms with Gasteiger partial charge >= 0.3 is 12.1 Å². The van der Waals surface area contributed by atoms with Crippen LogP contribution in [0.2, 0.25) is 0 Å². The summed E-state index contributed by atoms with van der Waals surface area (Å²) in [6, 6.07) is 20.8. The molecule has 0 saturated heterocycles. The van der Waals surface area contributed by atoms with Crippen LogP contribution in [0.3, 0.4) is 0 Å². The molecule has 4 rings (SSSR count). The Morgan fingerprint density at radius 2 is 1.60 bits per heavy atom. The van der Waals surface area contributed by atoms with E-state index in [0.717, 1.165) is 22.3 Å². The third-order valence-corrected chi connectivity index (χ3v) is 6.46. The minimum atomic E-state index is -1.54. The van der Waals surface area contributed by atoms with Crippen LogP contribution < -0.4 is 10.6 Å². The Morgan fingerprint density at radius 3 is 2.20 bits per heavy atom. The highest BCUT2D eigenvalue weighted by Crippen LogP contribution is 2.44. The summed E-state index contributed by atoms with van der Waals surface area (Å²) < 4.78 is 6.03. The summed E-state index contributed by atoms with van der Waals surface area (Å²) in [5, 5.41) is 23.2. The Labute approximate surface area is 210 Å². The van der Waals surface area contributed by atoms with Gasteiger partial charge in [-0.1, -0.05) is 48.5 Å². The number of halogens is 1. The highest BCUT2D eigenvalue weighted by molar-refractivity contribution is 9.10. The van der Waals surface area contributed by atoms with Crippen molar-refractivity contribution in [2.45, 2.75) is 18.4 Å². The Kier molecular flexibility index (Phi) is 7.48. The molecule has 0 fully saturated rings. The fourth-order valence-corrected chi connectivity index (χ4v) is 4.53. The molecule has 0 bridgehead atoms. The van der Waals surface area contributed by atoms with Crippen molar-refractivity contribution in [1.29, 1.82) is 0 Å². The summed E-state index contributed by atoms with van der Waals surface area (Å²) >= 11 is 3.35. The molecular weight excluding hydrogens is 516 g/mol. The predicted molar refractivity (Wildman–Crippen MR) is 133 cm³/mol. The zero-order valence-electron chi connectivity index (χ0n) is 18.5. The number of carbonyl (C=O) groups excluding carboxylic acids is 2. The smallest absolute Gasteiger partial charge is 0.411 e. The lowest BCUT2D eigenvalue weighted by Gasteiger charge is -2.15. The summed E-state index contributed by atoms with van der Waals surface area (Å²) in [5.74, 6) is -1.83. The molecule has 3 aromatic carbocycles. The maximum atomic E-state index is 12.5. The van der Waals surface area contributed by atoms with E-state index in [2.05, 4.69) is 38.7 Å². The molecule has 2 amide bonds. The van der Waals surface area contributed by atoms with Gasteiger partial charge in [-0.05, 0) is 56.4 Å². The number of carboxylic acids is 1. The van der Waals surface area contributed by atoms with Crippen LogP contribution in [0.25, 0.3) is 11.1 Å². The predicted octanol–water partition coefficient (Wildman–Crippen LogP) is 4.38. The highest BCUT2D eigenvalue weighted by Gasteiger charge is 2.29. The van der Waals surface area contributed by atoms with Crippen LogP contribution in [-0.2, 0) is 9.53 Å². The van der Waals surface area contributed by atoms with Crippen LogP contribution in [0, 0.1) is 0 Å². The van der Waals surface area contributed by atoms with Gasteiger partial charge in [-0.2, -0.15) is 0 Å². The lowest BCUT2D eigenvalue weighted by Crippen LogP contribution is -2.30. The molecule has 8 nitrogen and oxygen atoms in total. The number of benzene rings is 3. The highest BCUT2D eigenvalue weighted by atomic mass is 79.9. The van der Waals surface area contributed by atoms with Crippen LogP contribution in [0.4, 0.5) is 10.5 Å². The van der Waals surface area contributed by atoms with Crippen molar-refractivity contribution in [2.75, 3.05) is 18.5 Å². The van der Waals surface area contributed by atoms with Gasteiger partial charge in [0.2, 0.25) is 0 Å². The molecule has 0 aliphatic heterocycles. The van der Waals surface area contributed by atoms with E-state index in [9.17, 15) is 19.5 Å². The van der Waals surface area contributed by atoms with E-state index in [1.54, 1.807) is 6.07 Å². The second-order valence-electron chi connectivity index (χ2n) is 8.04. The van der Waals surface area contributed by atoms with Crippen LogP contribution in [0.1, 0.15) is 33.8 Å². The van der Waals surface area contributed by atoms with Gasteiger partial charge in [0.05, 0.1) is 5.69 Å². The van der Waals surface area contributed by atoms with Crippen molar-refractivity contribution < 1.29 is 29.3 Å². The normalized spacial score (nSPS) is 12.9. The largest absolute Gasteiger partial charge is 0.479 e. The number of carboxylic acid groups (broad SMARTS) is 1. The standard InChI is InChI=1S/C26H23BrN2O6/c27-21-13-15(24(31)28-12-11-23(30)25(32)33)9-10-22(21)29-26(34)35-14-20-18-7-3-1-5-16(18)17-6-2-4-8-19(17)20/h1-10,13,20,23,30H,11-12,14H2,(H,28,31)(H,29,34)(H,32,33). The van der Waals surface area contributed by atoms with Crippen molar-refractivity contribution in [3.8, 4) is 11.1 Å². The first-order valence-corrected chi connectivity index (χ1v) is 11.7. The second-order valence-corrected chi connectivity index (χ2v) is 8.90. The van der Waals surface area contributed by atoms with Crippen molar-refractivity contribution in [3.05, 3.63) is 87.9 Å². The summed E-state index contributed by atoms with van der Waals surface area (Å²) in [4.78, 5) is 35.4. The SMILES string of the molecule is O=C(Nc1ccc(C(=O)NCCC(O)C(=O)O)cc1Br)OCC1c2ccccc2-c2ccccc21. The monoisotopic (exact) mass is 538 g/mol. The van der Waals surface area contributed by atoms with Crippen LogP contribution in [-0.4, -0.2) is 47.4 Å². The van der Waals surface area contributed by atoms with Gasteiger partial charge in [0.25, 0.3) is 5.91 Å². The number of anilines is 1. The lowest BCUT2D eigenvalue weighted by molar-refractivity contribution is -0.146. The van der Waals surface area contributed by atoms with E-state index in [-0.39, 0.29) is 25.5 Å². The maximum absolute atomic E-state index is 12.5. The second kappa shape index (κ2) is 10.7. The molecule has 4 N–H and O–H groups in total. The molecule has 0 radical (unpaired) electrons. The Hall–Kier alpha value is -3.69. The number of rotatable bonds is 8. The number of hydrogen-bond acceptors (Lipinski definition) is 5. The van der Waals surface area contributed by atoms with Crippen molar-refractivity contribution in [3.63, 3.8) is 0 Å². The number of aliphatic hydroxyl groups is 1. The van der Waals surface area contributed by atoms with Crippen LogP contribution in [0.5, 0.6) is 0 Å². The quantitative estimate of drug-likeness (QED) is 0.337. The minimum absolute atomic E-state index is 0.00364. The first-order valence-electron chi connectivity index (χ1n) is 11.0. The summed E-state index contributed by atoms with van der Waals surface area (Å²) in [6.07, 6.45) is -2.26. The molecule has 180 valence electrons. The summed E-state index contributed by atoms with van der Waals surface area (Å²) in [6.45, 7) is 0.184. The van der Waals surface area contributed by atoms with E-state index in [0.29, 0.717) is 15.7 Å². The average Bonchev–Trinajstić information content (AvgIpc) is 3.17. The number of aliphatic carboxylic acids is 1. The third-order valence-electron chi connectivity index (χ3n) is 5.80. The molecule has 1 aliphatic carbocycles. The lowest BCUT2D eigenvalue weighted by atomic mass is 9.98. The van der Waals surface area contributed by atoms with Crippen LogP contribution >= 0.6 is 15.9 Å². The summed E-state index contributed by atoms with van der Waals surface area (Å²) in [5.41, 5.74) is 5.26. The van der Waals surface area contributed by atoms with Crippen molar-refractivity contribution in [1.82, 2.24) is 5.32 Å². The molecule has 0 saturated carbocycles. The zero-order chi connectivity index (χ0) is 24.9. The van der Waals surface area contributed by atoms with Gasteiger partial charge in [-0.25, -0.2) is 9.59 Å². The number of ether oxygens (including phenoxy) is 1. The molecule has 0 heterocycles. The number of amides is 2. The number of aliphatic hydroxyl groups excluding tert-OH is 1. The van der Waals surface area contributed by atoms with E-state index >= 15 is 0 Å². The maximum Gasteiger partial charge on any atom is 0.411 e. The molecule has 0 aromatic heterocycles. The van der Waals surface area contributed by atoms with Gasteiger partial charge in [0.1, 0.15) is 6.61 Å². The van der Waals surface area contributed by atoms with Gasteiger partial charge < -0.3 is 20.3 Å². The van der Waals surface area contributed by atoms with Gasteiger partial charge in [0, 0.05) is 28.9 Å². The van der Waals surface area contributed by atoms with E-state index in [1.807, 2.05) is 36.4 Å². The minimum Gasteiger partial charge on any atom is -0.479 e. The first-order chi connectivity index (χ1) is 16.8. The molecule has 1 atom stereocenters. The Balaban J connectivity index is 1.34. The molecule has 1 unspecified atom stereocenters. The Morgan fingerprint density at radius 1 is 0.971 bits per heavy atom. The Bertz CT molecular complexity index is 1230. The zero-order valence-corrected chi connectivity index (χ0v) is 20.1. The number of hydrogen-bond donors (Lipinski definition) is 4. The van der Waals surface area contributed by atoms with Crippen molar-refractivity contribution in [2.24, 2.45) is 0 Å². The molecule has 1 aliphatic rings. The number of carbonyl (C=O) groups is 3. The topological polar surface area (TPSA) is 125 Å². The van der Waals surface area contributed by atoms with E-state index in [4.69, 9.17) is 9.84 Å². The first kappa shape index (κ1) is 24.4. The van der Waals surface area contributed by atoms with E-state index in [1.165, 1.54) is 12.1 Å².